The topological polar surface area (TPSA) is 194 Å². The summed E-state index contributed by atoms with van der Waals surface area (Å²) in [5.74, 6) is -1.76. The third-order valence-electron chi connectivity index (χ3n) is 11.5. The zero-order valence-corrected chi connectivity index (χ0v) is 32.8. The number of benzene rings is 3. The molecule has 0 spiro atoms. The van der Waals surface area contributed by atoms with Crippen LogP contribution < -0.4 is 21.7 Å². The molecular weight excluding hydrogens is 747 g/mol. The molecule has 3 aliphatic rings. The Labute approximate surface area is 339 Å². The number of rotatable bonds is 8. The number of amides is 5. The molecule has 0 saturated carbocycles. The van der Waals surface area contributed by atoms with Crippen LogP contribution in [0.25, 0.3) is 44.4 Å². The summed E-state index contributed by atoms with van der Waals surface area (Å²) in [6.45, 7) is 4.30. The van der Waals surface area contributed by atoms with Gasteiger partial charge in [-0.2, -0.15) is 5.10 Å². The highest BCUT2D eigenvalue weighted by Crippen LogP contribution is 2.42. The van der Waals surface area contributed by atoms with Gasteiger partial charge < -0.3 is 21.3 Å². The van der Waals surface area contributed by atoms with Gasteiger partial charge >= 0.3 is 0 Å². The summed E-state index contributed by atoms with van der Waals surface area (Å²) in [6.07, 6.45) is 5.34. The average Bonchev–Trinajstić information content (AvgIpc) is 3.70. The van der Waals surface area contributed by atoms with Crippen molar-refractivity contribution < 1.29 is 24.0 Å². The lowest BCUT2D eigenvalue weighted by Crippen LogP contribution is -2.52. The van der Waals surface area contributed by atoms with Crippen LogP contribution in [0.4, 0.5) is 11.4 Å². The Balaban J connectivity index is 1.03. The van der Waals surface area contributed by atoms with Crippen LogP contribution in [0.15, 0.2) is 79.1 Å². The maximum Gasteiger partial charge on any atom is 0.267 e. The van der Waals surface area contributed by atoms with Crippen molar-refractivity contribution in [3.05, 3.63) is 113 Å². The van der Waals surface area contributed by atoms with Gasteiger partial charge in [0.15, 0.2) is 0 Å². The van der Waals surface area contributed by atoms with Crippen molar-refractivity contribution in [2.75, 3.05) is 10.6 Å². The lowest BCUT2D eigenvalue weighted by atomic mass is 9.94. The Morgan fingerprint density at radius 2 is 1.68 bits per heavy atom. The molecule has 14 nitrogen and oxygen atoms in total. The SMILES string of the molecule is CCc1cc2c(c(-c3cccc4cc(-c5cnc(C(N)=O)c(Cc6cc(-c7cccc8c7CN(C7CCC(=O)NC7=O)C8=O)nn6C)c5)ncc34)c1)N[C@H](C)CC(=O)N2. The number of hydrogen-bond donors (Lipinski definition) is 4. The molecule has 0 radical (unpaired) electrons. The van der Waals surface area contributed by atoms with Gasteiger partial charge in [-0.1, -0.05) is 37.3 Å². The van der Waals surface area contributed by atoms with Crippen LogP contribution in [0.1, 0.15) is 76.3 Å². The van der Waals surface area contributed by atoms with E-state index in [0.717, 1.165) is 62.1 Å². The first-order chi connectivity index (χ1) is 28.4. The minimum absolute atomic E-state index is 0.0246. The number of carbonyl (C=O) groups is 5. The number of anilines is 2. The van der Waals surface area contributed by atoms with Crippen molar-refractivity contribution in [3.8, 4) is 33.6 Å². The number of primary amides is 1. The summed E-state index contributed by atoms with van der Waals surface area (Å²) in [4.78, 5) is 74.2. The van der Waals surface area contributed by atoms with E-state index in [1.54, 1.807) is 23.0 Å². The van der Waals surface area contributed by atoms with E-state index >= 15 is 0 Å². The minimum atomic E-state index is -0.731. The van der Waals surface area contributed by atoms with Crippen LogP contribution in [-0.2, 0) is 40.8 Å². The minimum Gasteiger partial charge on any atom is -0.380 e. The number of aromatic nitrogens is 4. The quantitative estimate of drug-likeness (QED) is 0.144. The predicted molar refractivity (Wildman–Crippen MR) is 222 cm³/mol. The zero-order valence-electron chi connectivity index (χ0n) is 32.8. The largest absolute Gasteiger partial charge is 0.380 e. The number of hydrogen-bond acceptors (Lipinski definition) is 9. The van der Waals surface area contributed by atoms with Crippen molar-refractivity contribution in [2.45, 2.75) is 64.6 Å². The van der Waals surface area contributed by atoms with Gasteiger partial charge in [0.25, 0.3) is 11.8 Å². The molecular formula is C45H41N9O5. The van der Waals surface area contributed by atoms with Gasteiger partial charge in [-0.3, -0.25) is 43.9 Å². The maximum atomic E-state index is 13.5. The Morgan fingerprint density at radius 3 is 2.47 bits per heavy atom. The number of carbonyl (C=O) groups excluding carboxylic acids is 5. The highest BCUT2D eigenvalue weighted by Gasteiger charge is 2.40. The van der Waals surface area contributed by atoms with Gasteiger partial charge in [0.2, 0.25) is 17.7 Å². The molecule has 296 valence electrons. The number of aryl methyl sites for hydroxylation is 2. The van der Waals surface area contributed by atoms with Crippen LogP contribution in [0.2, 0.25) is 0 Å². The van der Waals surface area contributed by atoms with Gasteiger partial charge in [0.05, 0.1) is 22.8 Å². The third-order valence-corrected chi connectivity index (χ3v) is 11.5. The van der Waals surface area contributed by atoms with E-state index in [0.29, 0.717) is 34.5 Å². The molecule has 1 saturated heterocycles. The molecule has 5 amide bonds. The normalized spacial score (nSPS) is 17.6. The van der Waals surface area contributed by atoms with Crippen molar-refractivity contribution >= 4 is 51.7 Å². The second-order valence-electron chi connectivity index (χ2n) is 15.5. The molecule has 1 unspecified atom stereocenters. The summed E-state index contributed by atoms with van der Waals surface area (Å²) < 4.78 is 1.73. The Kier molecular flexibility index (Phi) is 9.26. The Hall–Kier alpha value is -7.22. The van der Waals surface area contributed by atoms with E-state index in [1.807, 2.05) is 62.6 Å². The highest BCUT2D eigenvalue weighted by atomic mass is 16.2. The number of pyridine rings is 2. The standard InChI is InChI=1S/C45H41N9O5/c1-4-24-14-32(42-37(15-24)50-40(56)13-23(2)49-42)29-8-5-7-25-18-35(47-21-33(25)29)27-16-26(41(43(46)57)48-20-27)17-28-19-36(52-53(28)3)30-9-6-10-31-34(30)22-54(45(31)59)38-11-12-39(55)51-44(38)58/h5-10,14-16,18-21,23,38,49H,4,11-13,17,22H2,1-3H3,(H2,46,57)(H,50,56)(H,51,55,58)/t23-,38?/m1/s1. The molecule has 5 N–H and O–H groups in total. The average molecular weight is 788 g/mol. The molecule has 59 heavy (non-hydrogen) atoms. The first-order valence-electron chi connectivity index (χ1n) is 19.7. The molecule has 3 aromatic heterocycles. The number of piperidine rings is 1. The molecule has 6 heterocycles. The van der Waals surface area contributed by atoms with Crippen molar-refractivity contribution in [3.63, 3.8) is 0 Å². The molecule has 9 rings (SSSR count). The number of fused-ring (bicyclic) bond motifs is 3. The summed E-state index contributed by atoms with van der Waals surface area (Å²) in [6, 6.07) is 20.8. The van der Waals surface area contributed by atoms with Crippen molar-refractivity contribution in [2.24, 2.45) is 12.8 Å². The second kappa shape index (κ2) is 14.6. The highest BCUT2D eigenvalue weighted by molar-refractivity contribution is 6.07. The Bertz CT molecular complexity index is 2790. The third kappa shape index (κ3) is 6.75. The van der Waals surface area contributed by atoms with Gasteiger partial charge in [0.1, 0.15) is 11.7 Å². The van der Waals surface area contributed by atoms with Crippen LogP contribution >= 0.6 is 0 Å². The molecule has 0 bridgehead atoms. The van der Waals surface area contributed by atoms with E-state index in [-0.39, 0.29) is 55.3 Å². The number of nitrogens with two attached hydrogens (primary N) is 1. The summed E-state index contributed by atoms with van der Waals surface area (Å²) in [7, 11) is 1.81. The first kappa shape index (κ1) is 37.4. The van der Waals surface area contributed by atoms with Gasteiger partial charge in [-0.25, -0.2) is 0 Å². The number of nitrogens with one attached hydrogen (secondary N) is 3. The maximum absolute atomic E-state index is 13.5. The number of imide groups is 1. The van der Waals surface area contributed by atoms with Gasteiger partial charge in [-0.15, -0.1) is 0 Å². The first-order valence-corrected chi connectivity index (χ1v) is 19.7. The van der Waals surface area contributed by atoms with E-state index in [2.05, 4.69) is 40.0 Å². The van der Waals surface area contributed by atoms with Crippen LogP contribution in [0, 0.1) is 0 Å². The smallest absolute Gasteiger partial charge is 0.267 e. The van der Waals surface area contributed by atoms with Crippen LogP contribution in [0.3, 0.4) is 0 Å². The summed E-state index contributed by atoms with van der Waals surface area (Å²) >= 11 is 0. The Morgan fingerprint density at radius 1 is 0.881 bits per heavy atom. The molecule has 3 aliphatic heterocycles. The lowest BCUT2D eigenvalue weighted by molar-refractivity contribution is -0.137. The summed E-state index contributed by atoms with van der Waals surface area (Å²) in [5, 5.41) is 15.7. The fourth-order valence-electron chi connectivity index (χ4n) is 8.54. The van der Waals surface area contributed by atoms with E-state index in [4.69, 9.17) is 15.8 Å². The van der Waals surface area contributed by atoms with E-state index in [1.165, 1.54) is 4.90 Å². The van der Waals surface area contributed by atoms with Gasteiger partial charge in [0, 0.05) is 84.6 Å². The zero-order chi connectivity index (χ0) is 41.1. The molecule has 0 aliphatic carbocycles. The molecule has 14 heteroatoms. The number of nitrogens with zero attached hydrogens (tertiary/aromatic N) is 5. The fraction of sp³-hybridized carbons (Fsp3) is 0.244. The fourth-order valence-corrected chi connectivity index (χ4v) is 8.54. The predicted octanol–water partition coefficient (Wildman–Crippen LogP) is 5.52. The molecule has 2 atom stereocenters. The van der Waals surface area contributed by atoms with Crippen LogP contribution in [0.5, 0.6) is 0 Å². The van der Waals surface area contributed by atoms with E-state index in [9.17, 15) is 24.0 Å². The van der Waals surface area contributed by atoms with Crippen LogP contribution in [-0.4, -0.2) is 66.3 Å². The van der Waals surface area contributed by atoms with E-state index < -0.39 is 17.9 Å². The molecule has 1 fully saturated rings. The monoisotopic (exact) mass is 787 g/mol. The second-order valence-corrected chi connectivity index (χ2v) is 15.5. The van der Waals surface area contributed by atoms with Crippen molar-refractivity contribution in [1.82, 2.24) is 30.0 Å². The van der Waals surface area contributed by atoms with Crippen molar-refractivity contribution in [1.29, 1.82) is 0 Å². The molecule has 6 aromatic rings. The molecule has 3 aromatic carbocycles. The lowest BCUT2D eigenvalue weighted by Gasteiger charge is -2.29. The summed E-state index contributed by atoms with van der Waals surface area (Å²) in [5.41, 5.74) is 16.1. The van der Waals surface area contributed by atoms with Gasteiger partial charge in [-0.05, 0) is 83.8 Å².